The first-order chi connectivity index (χ1) is 4.46. The molecule has 0 rings (SSSR count). The lowest BCUT2D eigenvalue weighted by atomic mass is 9.99. The Labute approximate surface area is 59.0 Å². The van der Waals surface area contributed by atoms with Gasteiger partial charge in [0.1, 0.15) is 12.2 Å². The van der Waals surface area contributed by atoms with Crippen LogP contribution < -0.4 is 5.73 Å². The first kappa shape index (κ1) is 9.36. The normalized spacial score (nSPS) is 19.6. The van der Waals surface area contributed by atoms with Crippen molar-refractivity contribution < 1.29 is 14.3 Å². The Morgan fingerprint density at radius 3 is 2.10 bits per heavy atom. The van der Waals surface area contributed by atoms with Crippen LogP contribution in [0.5, 0.6) is 0 Å². The van der Waals surface area contributed by atoms with Crippen LogP contribution in [0.2, 0.25) is 0 Å². The third-order valence-electron chi connectivity index (χ3n) is 1.58. The molecule has 10 heavy (non-hydrogen) atoms. The molecular weight excluding hydrogens is 137 g/mol. The molecule has 0 unspecified atom stereocenters. The number of carboxylic acid groups (broad SMARTS) is 1. The molecule has 0 saturated heterocycles. The van der Waals surface area contributed by atoms with Crippen LogP contribution in [0.15, 0.2) is 0 Å². The number of aliphatic carboxylic acids is 1. The van der Waals surface area contributed by atoms with Gasteiger partial charge in [0.25, 0.3) is 0 Å². The second-order valence-corrected chi connectivity index (χ2v) is 2.40. The summed E-state index contributed by atoms with van der Waals surface area (Å²) in [6.07, 6.45) is -1.17. The third kappa shape index (κ3) is 2.31. The quantitative estimate of drug-likeness (QED) is 0.610. The summed E-state index contributed by atoms with van der Waals surface area (Å²) in [5, 5.41) is 8.31. The molecule has 3 nitrogen and oxygen atoms in total. The van der Waals surface area contributed by atoms with E-state index >= 15 is 0 Å². The van der Waals surface area contributed by atoms with Crippen LogP contribution >= 0.6 is 0 Å². The Morgan fingerprint density at radius 1 is 1.60 bits per heavy atom. The van der Waals surface area contributed by atoms with Crippen LogP contribution in [0.25, 0.3) is 0 Å². The smallest absolute Gasteiger partial charge is 0.320 e. The first-order valence-electron chi connectivity index (χ1n) is 3.09. The highest BCUT2D eigenvalue weighted by molar-refractivity contribution is 5.73. The Bertz CT molecular complexity index is 127. The summed E-state index contributed by atoms with van der Waals surface area (Å²) >= 11 is 0. The van der Waals surface area contributed by atoms with E-state index in [9.17, 15) is 9.18 Å². The van der Waals surface area contributed by atoms with Gasteiger partial charge in [-0.25, -0.2) is 4.39 Å². The van der Waals surface area contributed by atoms with Gasteiger partial charge in [-0.05, 0) is 6.92 Å². The van der Waals surface area contributed by atoms with E-state index in [1.54, 1.807) is 0 Å². The highest BCUT2D eigenvalue weighted by Crippen LogP contribution is 2.09. The molecule has 0 amide bonds. The second-order valence-electron chi connectivity index (χ2n) is 2.40. The second kappa shape index (κ2) is 3.51. The van der Waals surface area contributed by atoms with Crippen molar-refractivity contribution in [1.29, 1.82) is 0 Å². The maximum Gasteiger partial charge on any atom is 0.320 e. The molecule has 0 aromatic heterocycles. The minimum absolute atomic E-state index is 0.627. The zero-order valence-corrected chi connectivity index (χ0v) is 6.04. The molecular formula is C6H12FNO2. The van der Waals surface area contributed by atoms with Crippen molar-refractivity contribution in [1.82, 2.24) is 0 Å². The van der Waals surface area contributed by atoms with Crippen LogP contribution in [-0.4, -0.2) is 23.3 Å². The number of alkyl halides is 1. The third-order valence-corrected chi connectivity index (χ3v) is 1.58. The number of rotatable bonds is 3. The van der Waals surface area contributed by atoms with E-state index in [0.29, 0.717) is 0 Å². The van der Waals surface area contributed by atoms with Gasteiger partial charge in [-0.3, -0.25) is 4.79 Å². The van der Waals surface area contributed by atoms with E-state index < -0.39 is 24.1 Å². The van der Waals surface area contributed by atoms with E-state index in [4.69, 9.17) is 10.8 Å². The Hall–Kier alpha value is -0.640. The SMILES string of the molecule is C[C@H]([C@H](C)F)[C@H](N)C(=O)O. The van der Waals surface area contributed by atoms with Crippen molar-refractivity contribution in [3.8, 4) is 0 Å². The molecule has 4 heteroatoms. The predicted molar refractivity (Wildman–Crippen MR) is 35.3 cm³/mol. The largest absolute Gasteiger partial charge is 0.480 e. The van der Waals surface area contributed by atoms with Crippen molar-refractivity contribution >= 4 is 5.97 Å². The van der Waals surface area contributed by atoms with Gasteiger partial charge in [-0.15, -0.1) is 0 Å². The summed E-state index contributed by atoms with van der Waals surface area (Å²) in [6.45, 7) is 2.77. The van der Waals surface area contributed by atoms with Crippen LogP contribution in [-0.2, 0) is 4.79 Å². The fraction of sp³-hybridized carbons (Fsp3) is 0.833. The van der Waals surface area contributed by atoms with E-state index in [-0.39, 0.29) is 0 Å². The summed E-state index contributed by atoms with van der Waals surface area (Å²) in [7, 11) is 0. The standard InChI is InChI=1S/C6H12FNO2/c1-3(4(2)7)5(8)6(9)10/h3-5H,8H2,1-2H3,(H,9,10)/t3-,4+,5+/m1/s1. The number of carbonyl (C=O) groups is 1. The van der Waals surface area contributed by atoms with E-state index in [2.05, 4.69) is 0 Å². The Morgan fingerprint density at radius 2 is 2.00 bits per heavy atom. The van der Waals surface area contributed by atoms with Crippen LogP contribution in [0.4, 0.5) is 4.39 Å². The van der Waals surface area contributed by atoms with Crippen LogP contribution in [0.3, 0.4) is 0 Å². The zero-order valence-electron chi connectivity index (χ0n) is 6.04. The Balaban J connectivity index is 3.94. The molecule has 3 atom stereocenters. The summed E-state index contributed by atoms with van der Waals surface area (Å²) in [4.78, 5) is 10.2. The molecule has 3 N–H and O–H groups in total. The van der Waals surface area contributed by atoms with E-state index in [1.165, 1.54) is 13.8 Å². The molecule has 0 spiro atoms. The maximum atomic E-state index is 12.4. The topological polar surface area (TPSA) is 63.3 Å². The van der Waals surface area contributed by atoms with Crippen molar-refractivity contribution in [2.75, 3.05) is 0 Å². The Kier molecular flexibility index (Phi) is 3.28. The van der Waals surface area contributed by atoms with Gasteiger partial charge in [0.2, 0.25) is 0 Å². The van der Waals surface area contributed by atoms with Crippen LogP contribution in [0.1, 0.15) is 13.8 Å². The molecule has 0 bridgehead atoms. The van der Waals surface area contributed by atoms with Crippen LogP contribution in [0, 0.1) is 5.92 Å². The highest BCUT2D eigenvalue weighted by Gasteiger charge is 2.24. The first-order valence-corrected chi connectivity index (χ1v) is 3.09. The lowest BCUT2D eigenvalue weighted by Gasteiger charge is -2.16. The fourth-order valence-electron chi connectivity index (χ4n) is 0.511. The van der Waals surface area contributed by atoms with Gasteiger partial charge in [0, 0.05) is 5.92 Å². The van der Waals surface area contributed by atoms with Gasteiger partial charge < -0.3 is 10.8 Å². The fourth-order valence-corrected chi connectivity index (χ4v) is 0.511. The summed E-state index contributed by atoms with van der Waals surface area (Å²) < 4.78 is 12.4. The van der Waals surface area contributed by atoms with Crippen molar-refractivity contribution in [3.05, 3.63) is 0 Å². The molecule has 0 aliphatic rings. The molecule has 0 aromatic carbocycles. The number of hydrogen-bond acceptors (Lipinski definition) is 2. The van der Waals surface area contributed by atoms with E-state index in [1.807, 2.05) is 0 Å². The monoisotopic (exact) mass is 149 g/mol. The lowest BCUT2D eigenvalue weighted by molar-refractivity contribution is -0.140. The molecule has 0 radical (unpaired) electrons. The van der Waals surface area contributed by atoms with Crippen molar-refractivity contribution in [3.63, 3.8) is 0 Å². The number of carboxylic acids is 1. The van der Waals surface area contributed by atoms with Gasteiger partial charge >= 0.3 is 5.97 Å². The molecule has 0 heterocycles. The van der Waals surface area contributed by atoms with E-state index in [0.717, 1.165) is 0 Å². The average molecular weight is 149 g/mol. The highest BCUT2D eigenvalue weighted by atomic mass is 19.1. The maximum absolute atomic E-state index is 12.4. The van der Waals surface area contributed by atoms with Gasteiger partial charge in [0.15, 0.2) is 0 Å². The lowest BCUT2D eigenvalue weighted by Crippen LogP contribution is -2.40. The van der Waals surface area contributed by atoms with Gasteiger partial charge in [0.05, 0.1) is 0 Å². The minimum atomic E-state index is -1.17. The average Bonchev–Trinajstić information content (AvgIpc) is 1.84. The van der Waals surface area contributed by atoms with Gasteiger partial charge in [-0.1, -0.05) is 6.92 Å². The van der Waals surface area contributed by atoms with Crippen molar-refractivity contribution in [2.24, 2.45) is 11.7 Å². The minimum Gasteiger partial charge on any atom is -0.480 e. The molecule has 60 valence electrons. The number of hydrogen-bond donors (Lipinski definition) is 2. The summed E-state index contributed by atoms with van der Waals surface area (Å²) in [5.41, 5.74) is 5.12. The summed E-state index contributed by atoms with van der Waals surface area (Å²) in [5.74, 6) is -1.78. The molecule has 0 fully saturated rings. The number of halogens is 1. The van der Waals surface area contributed by atoms with Gasteiger partial charge in [-0.2, -0.15) is 0 Å². The molecule has 0 aromatic rings. The predicted octanol–water partition coefficient (Wildman–Crippen LogP) is 0.392. The molecule has 0 aliphatic carbocycles. The molecule has 0 aliphatic heterocycles. The summed E-state index contributed by atoms with van der Waals surface area (Å²) in [6, 6.07) is -1.10. The molecule has 0 saturated carbocycles. The zero-order chi connectivity index (χ0) is 8.31. The van der Waals surface area contributed by atoms with Crippen molar-refractivity contribution in [2.45, 2.75) is 26.1 Å². The number of nitrogens with two attached hydrogens (primary N) is 1.